The first-order valence-corrected chi connectivity index (χ1v) is 9.02. The van der Waals surface area contributed by atoms with Gasteiger partial charge in [0.25, 0.3) is 0 Å². The molecule has 0 atom stereocenters. The number of rotatable bonds is 7. The molecular weight excluding hydrogens is 350 g/mol. The van der Waals surface area contributed by atoms with Crippen LogP contribution in [0.5, 0.6) is 11.5 Å². The van der Waals surface area contributed by atoms with E-state index in [1.165, 1.54) is 11.3 Å². The molecule has 0 amide bonds. The predicted molar refractivity (Wildman–Crippen MR) is 101 cm³/mol. The van der Waals surface area contributed by atoms with Crippen molar-refractivity contribution in [2.45, 2.75) is 20.0 Å². The summed E-state index contributed by atoms with van der Waals surface area (Å²) in [6.07, 6.45) is 0.577. The topological polar surface area (TPSA) is 68.7 Å². The second kappa shape index (κ2) is 8.01. The summed E-state index contributed by atoms with van der Waals surface area (Å²) in [5.74, 6) is 0.273. The lowest BCUT2D eigenvalue weighted by Gasteiger charge is -2.11. The van der Waals surface area contributed by atoms with E-state index < -0.39 is 5.97 Å². The van der Waals surface area contributed by atoms with Crippen LogP contribution in [0, 0.1) is 0 Å². The fraction of sp³-hybridized carbons (Fsp3) is 0.200. The Balaban J connectivity index is 1.85. The van der Waals surface area contributed by atoms with E-state index in [4.69, 9.17) is 9.47 Å². The number of carboxylic acids is 1. The van der Waals surface area contributed by atoms with E-state index in [0.717, 1.165) is 11.1 Å². The van der Waals surface area contributed by atoms with Crippen molar-refractivity contribution in [2.75, 3.05) is 7.11 Å². The van der Waals surface area contributed by atoms with Crippen molar-refractivity contribution in [3.05, 3.63) is 64.7 Å². The highest BCUT2D eigenvalue weighted by Crippen LogP contribution is 2.35. The number of carbonyl (C=O) groups is 1. The third-order valence-corrected chi connectivity index (χ3v) is 5.01. The summed E-state index contributed by atoms with van der Waals surface area (Å²) in [5.41, 5.74) is 2.47. The minimum Gasteiger partial charge on any atom is -0.493 e. The van der Waals surface area contributed by atoms with E-state index in [0.29, 0.717) is 35.2 Å². The molecule has 134 valence electrons. The summed E-state index contributed by atoms with van der Waals surface area (Å²) in [6.45, 7) is 2.34. The normalized spacial score (nSPS) is 10.5. The number of nitrogens with zero attached hydrogens (tertiary/aromatic N) is 1. The summed E-state index contributed by atoms with van der Waals surface area (Å²) in [5, 5.41) is 9.97. The van der Waals surface area contributed by atoms with E-state index >= 15 is 0 Å². The summed E-state index contributed by atoms with van der Waals surface area (Å²) in [6, 6.07) is 15.4. The molecule has 0 saturated heterocycles. The quantitative estimate of drug-likeness (QED) is 0.656. The lowest BCUT2D eigenvalue weighted by atomic mass is 10.2. The molecule has 0 fully saturated rings. The summed E-state index contributed by atoms with van der Waals surface area (Å²) in [7, 11) is 1.58. The van der Waals surface area contributed by atoms with Crippen LogP contribution in [0.4, 0.5) is 0 Å². The van der Waals surface area contributed by atoms with Crippen LogP contribution >= 0.6 is 11.3 Å². The monoisotopic (exact) mass is 369 g/mol. The number of aromatic nitrogens is 1. The van der Waals surface area contributed by atoms with E-state index in [1.807, 2.05) is 55.5 Å². The number of methoxy groups -OCH3 is 1. The Kier molecular flexibility index (Phi) is 5.53. The molecule has 0 aliphatic heterocycles. The van der Waals surface area contributed by atoms with Gasteiger partial charge in [0.2, 0.25) is 0 Å². The predicted octanol–water partition coefficient (Wildman–Crippen LogP) is 4.66. The maximum absolute atomic E-state index is 11.3. The van der Waals surface area contributed by atoms with Gasteiger partial charge in [0, 0.05) is 5.56 Å². The molecular formula is C20H19NO4S. The van der Waals surface area contributed by atoms with Gasteiger partial charge in [-0.1, -0.05) is 37.3 Å². The second-order valence-corrected chi connectivity index (χ2v) is 6.59. The number of hydrogen-bond donors (Lipinski definition) is 1. The molecule has 3 rings (SSSR count). The number of ether oxygens (including phenoxy) is 2. The van der Waals surface area contributed by atoms with Crippen LogP contribution in [0.3, 0.4) is 0 Å². The van der Waals surface area contributed by atoms with Gasteiger partial charge < -0.3 is 14.6 Å². The lowest BCUT2D eigenvalue weighted by Crippen LogP contribution is -1.97. The largest absolute Gasteiger partial charge is 0.493 e. The van der Waals surface area contributed by atoms with Gasteiger partial charge in [-0.15, -0.1) is 11.3 Å². The highest BCUT2D eigenvalue weighted by molar-refractivity contribution is 7.17. The maximum atomic E-state index is 11.3. The number of hydrogen-bond acceptors (Lipinski definition) is 5. The molecule has 1 heterocycles. The fourth-order valence-corrected chi connectivity index (χ4v) is 3.53. The molecule has 1 N–H and O–H groups in total. The van der Waals surface area contributed by atoms with E-state index in [2.05, 4.69) is 4.98 Å². The van der Waals surface area contributed by atoms with Gasteiger partial charge in [-0.2, -0.15) is 0 Å². The maximum Gasteiger partial charge on any atom is 0.347 e. The van der Waals surface area contributed by atoms with E-state index in [1.54, 1.807) is 7.11 Å². The molecule has 5 nitrogen and oxygen atoms in total. The zero-order valence-electron chi connectivity index (χ0n) is 14.6. The highest BCUT2D eigenvalue weighted by Gasteiger charge is 2.18. The van der Waals surface area contributed by atoms with Crippen molar-refractivity contribution < 1.29 is 19.4 Å². The number of aromatic carboxylic acids is 1. The molecule has 6 heteroatoms. The van der Waals surface area contributed by atoms with E-state index in [9.17, 15) is 9.90 Å². The number of benzene rings is 2. The van der Waals surface area contributed by atoms with Gasteiger partial charge in [-0.05, 0) is 30.2 Å². The van der Waals surface area contributed by atoms with E-state index in [-0.39, 0.29) is 4.88 Å². The first-order valence-electron chi connectivity index (χ1n) is 8.20. The third kappa shape index (κ3) is 3.86. The standard InChI is InChI=1S/C20H19NO4S/c1-3-15-18(20(22)23)26-19(21-15)14-9-10-16(17(11-14)24-2)25-12-13-7-5-4-6-8-13/h4-11H,3,12H2,1-2H3,(H,22,23). The first kappa shape index (κ1) is 17.9. The Morgan fingerprint density at radius 3 is 2.54 bits per heavy atom. The Bertz CT molecular complexity index is 905. The van der Waals surface area contributed by atoms with Crippen LogP contribution in [-0.4, -0.2) is 23.2 Å². The second-order valence-electron chi connectivity index (χ2n) is 5.59. The minimum absolute atomic E-state index is 0.283. The lowest BCUT2D eigenvalue weighted by molar-refractivity contribution is 0.0701. The molecule has 0 aliphatic carbocycles. The number of aryl methyl sites for hydroxylation is 1. The molecule has 0 unspecified atom stereocenters. The fourth-order valence-electron chi connectivity index (χ4n) is 2.54. The molecule has 0 spiro atoms. The molecule has 0 aliphatic rings. The summed E-state index contributed by atoms with van der Waals surface area (Å²) < 4.78 is 11.3. The third-order valence-electron chi connectivity index (χ3n) is 3.87. The zero-order chi connectivity index (χ0) is 18.5. The van der Waals surface area contributed by atoms with Crippen molar-refractivity contribution in [2.24, 2.45) is 0 Å². The van der Waals surface area contributed by atoms with Crippen molar-refractivity contribution in [3.63, 3.8) is 0 Å². The SMILES string of the molecule is CCc1nc(-c2ccc(OCc3ccccc3)c(OC)c2)sc1C(=O)O. The number of thiazole rings is 1. The van der Waals surface area contributed by atoms with Crippen LogP contribution in [-0.2, 0) is 13.0 Å². The van der Waals surface area contributed by atoms with Crippen LogP contribution < -0.4 is 9.47 Å². The van der Waals surface area contributed by atoms with Gasteiger partial charge in [0.1, 0.15) is 16.5 Å². The Morgan fingerprint density at radius 1 is 1.15 bits per heavy atom. The molecule has 1 aromatic heterocycles. The van der Waals surface area contributed by atoms with Crippen molar-refractivity contribution in [1.82, 2.24) is 4.98 Å². The highest BCUT2D eigenvalue weighted by atomic mass is 32.1. The summed E-state index contributed by atoms with van der Waals surface area (Å²) >= 11 is 1.17. The molecule has 0 bridgehead atoms. The van der Waals surface area contributed by atoms with Crippen molar-refractivity contribution >= 4 is 17.3 Å². The van der Waals surface area contributed by atoms with Crippen LogP contribution in [0.2, 0.25) is 0 Å². The summed E-state index contributed by atoms with van der Waals surface area (Å²) in [4.78, 5) is 16.1. The Labute approximate surface area is 155 Å². The zero-order valence-corrected chi connectivity index (χ0v) is 15.4. The van der Waals surface area contributed by atoms with Gasteiger partial charge in [-0.3, -0.25) is 0 Å². The number of carboxylic acid groups (broad SMARTS) is 1. The van der Waals surface area contributed by atoms with Gasteiger partial charge in [0.15, 0.2) is 11.5 Å². The average molecular weight is 369 g/mol. The van der Waals surface area contributed by atoms with Crippen LogP contribution in [0.15, 0.2) is 48.5 Å². The van der Waals surface area contributed by atoms with Gasteiger partial charge >= 0.3 is 5.97 Å². The minimum atomic E-state index is -0.944. The molecule has 0 saturated carbocycles. The van der Waals surface area contributed by atoms with Crippen LogP contribution in [0.25, 0.3) is 10.6 Å². The van der Waals surface area contributed by atoms with Crippen molar-refractivity contribution in [1.29, 1.82) is 0 Å². The first-order chi connectivity index (χ1) is 12.6. The molecule has 0 radical (unpaired) electrons. The molecule has 2 aromatic carbocycles. The smallest absolute Gasteiger partial charge is 0.347 e. The molecule has 3 aromatic rings. The van der Waals surface area contributed by atoms with Gasteiger partial charge in [0.05, 0.1) is 12.8 Å². The Morgan fingerprint density at radius 2 is 1.92 bits per heavy atom. The molecule has 26 heavy (non-hydrogen) atoms. The average Bonchev–Trinajstić information content (AvgIpc) is 3.12. The van der Waals surface area contributed by atoms with Crippen molar-refractivity contribution in [3.8, 4) is 22.1 Å². The van der Waals surface area contributed by atoms with Gasteiger partial charge in [-0.25, -0.2) is 9.78 Å². The Hall–Kier alpha value is -2.86. The van der Waals surface area contributed by atoms with Crippen LogP contribution in [0.1, 0.15) is 27.9 Å².